The second-order valence-corrected chi connectivity index (χ2v) is 12.5. The van der Waals surface area contributed by atoms with Gasteiger partial charge in [0.2, 0.25) is 11.7 Å². The molecule has 2 aromatic carbocycles. The van der Waals surface area contributed by atoms with Crippen LogP contribution in [-0.2, 0) is 11.2 Å². The molecule has 232 valence electrons. The fraction of sp³-hybridized carbons (Fsp3) is 0.452. The summed E-state index contributed by atoms with van der Waals surface area (Å²) >= 11 is 12.9. The predicted molar refractivity (Wildman–Crippen MR) is 169 cm³/mol. The lowest BCUT2D eigenvalue weighted by Crippen LogP contribution is -2.47. The minimum Gasteiger partial charge on any atom is -0.355 e. The molecule has 1 saturated heterocycles. The van der Waals surface area contributed by atoms with E-state index in [1.54, 1.807) is 18.2 Å². The van der Waals surface area contributed by atoms with Crippen LogP contribution in [0.1, 0.15) is 49.4 Å². The quantitative estimate of drug-likeness (QED) is 0.262. The maximum atomic E-state index is 14.3. The average Bonchev–Trinajstić information content (AvgIpc) is 3.70. The van der Waals surface area contributed by atoms with E-state index in [4.69, 9.17) is 28.2 Å². The molecule has 13 heteroatoms. The molecule has 2 fully saturated rings. The van der Waals surface area contributed by atoms with Crippen LogP contribution in [0.25, 0.3) is 28.5 Å². The molecule has 0 unspecified atom stereocenters. The first-order chi connectivity index (χ1) is 21.4. The molecule has 3 heterocycles. The Balaban J connectivity index is 1.40. The first-order valence-corrected chi connectivity index (χ1v) is 15.9. The summed E-state index contributed by atoms with van der Waals surface area (Å²) in [5.74, 6) is 0.683. The highest BCUT2D eigenvalue weighted by Gasteiger charge is 2.30. The Hall–Kier alpha value is -3.38. The molecule has 1 amide bonds. The van der Waals surface area contributed by atoms with Crippen LogP contribution in [0.3, 0.4) is 0 Å². The van der Waals surface area contributed by atoms with Gasteiger partial charge in [0.1, 0.15) is 17.3 Å². The standard InChI is InChI=1S/C31H36Cl2FN9O/c1-41-13-15-42(16-14-41)12-11-35-27(44)18-21-7-9-23(32)19-26(21)43-29(22-8-10-25(34)24(33)17-22)28(30-37-39-40-38-30)36-31(43)20-5-3-2-4-6-20/h7-10,17,19-20H,2-6,11-16,18H2,1H3,(H,35,44)(H,37,38,39,40). The number of halogens is 3. The molecular formula is C31H36Cl2FN9O. The number of hydrogen-bond donors (Lipinski definition) is 2. The largest absolute Gasteiger partial charge is 0.355 e. The molecule has 2 aliphatic rings. The number of nitrogens with zero attached hydrogens (tertiary/aromatic N) is 7. The number of nitrogens with one attached hydrogen (secondary N) is 2. The zero-order valence-electron chi connectivity index (χ0n) is 24.7. The number of aromatic amines is 1. The molecule has 0 radical (unpaired) electrons. The van der Waals surface area contributed by atoms with E-state index in [2.05, 4.69) is 42.8 Å². The van der Waals surface area contributed by atoms with Crippen LogP contribution < -0.4 is 5.32 Å². The smallest absolute Gasteiger partial charge is 0.225 e. The molecule has 1 aliphatic heterocycles. The normalized spacial score (nSPS) is 16.8. The fourth-order valence-electron chi connectivity index (χ4n) is 6.20. The predicted octanol–water partition coefficient (Wildman–Crippen LogP) is 5.12. The molecule has 0 atom stereocenters. The van der Waals surface area contributed by atoms with Crippen molar-refractivity contribution < 1.29 is 9.18 Å². The number of carbonyl (C=O) groups is 1. The van der Waals surface area contributed by atoms with Gasteiger partial charge in [-0.05, 0) is 61.0 Å². The van der Waals surface area contributed by atoms with Gasteiger partial charge in [-0.3, -0.25) is 14.3 Å². The second-order valence-electron chi connectivity index (χ2n) is 11.6. The highest BCUT2D eigenvalue weighted by molar-refractivity contribution is 6.31. The van der Waals surface area contributed by atoms with E-state index in [0.717, 1.165) is 75.5 Å². The highest BCUT2D eigenvalue weighted by atomic mass is 35.5. The number of benzene rings is 2. The zero-order chi connectivity index (χ0) is 30.6. The van der Waals surface area contributed by atoms with Crippen LogP contribution >= 0.6 is 23.2 Å². The zero-order valence-corrected chi connectivity index (χ0v) is 26.2. The third kappa shape index (κ3) is 6.81. The summed E-state index contributed by atoms with van der Waals surface area (Å²) in [6.07, 6.45) is 5.44. The van der Waals surface area contributed by atoms with E-state index in [-0.39, 0.29) is 23.3 Å². The van der Waals surface area contributed by atoms with Crippen LogP contribution in [0.2, 0.25) is 10.0 Å². The number of likely N-dealkylation sites (N-methyl/N-ethyl adjacent to an activating group) is 1. The van der Waals surface area contributed by atoms with Crippen molar-refractivity contribution in [2.75, 3.05) is 46.3 Å². The summed E-state index contributed by atoms with van der Waals surface area (Å²) in [5, 5.41) is 18.4. The number of aromatic nitrogens is 6. The number of tetrazole rings is 1. The minimum atomic E-state index is -0.521. The van der Waals surface area contributed by atoms with Gasteiger partial charge < -0.3 is 10.2 Å². The van der Waals surface area contributed by atoms with Crippen LogP contribution in [-0.4, -0.2) is 92.2 Å². The van der Waals surface area contributed by atoms with E-state index in [9.17, 15) is 9.18 Å². The molecule has 0 bridgehead atoms. The topological polar surface area (TPSA) is 108 Å². The summed E-state index contributed by atoms with van der Waals surface area (Å²) in [4.78, 5) is 23.1. The Labute approximate surface area is 265 Å². The molecule has 10 nitrogen and oxygen atoms in total. The Morgan fingerprint density at radius 2 is 1.86 bits per heavy atom. The fourth-order valence-corrected chi connectivity index (χ4v) is 6.55. The van der Waals surface area contributed by atoms with Crippen molar-refractivity contribution in [1.29, 1.82) is 0 Å². The lowest BCUT2D eigenvalue weighted by molar-refractivity contribution is -0.120. The van der Waals surface area contributed by atoms with Gasteiger partial charge in [0.05, 0.1) is 22.8 Å². The molecule has 6 rings (SSSR count). The summed E-state index contributed by atoms with van der Waals surface area (Å²) in [7, 11) is 2.13. The van der Waals surface area contributed by atoms with Gasteiger partial charge in [-0.2, -0.15) is 5.21 Å². The average molecular weight is 641 g/mol. The van der Waals surface area contributed by atoms with E-state index in [1.165, 1.54) is 12.5 Å². The molecule has 44 heavy (non-hydrogen) atoms. The number of carbonyl (C=O) groups excluding carboxylic acids is 1. The van der Waals surface area contributed by atoms with E-state index < -0.39 is 5.82 Å². The highest BCUT2D eigenvalue weighted by Crippen LogP contribution is 2.42. The van der Waals surface area contributed by atoms with Crippen molar-refractivity contribution in [2.24, 2.45) is 0 Å². The maximum absolute atomic E-state index is 14.3. The van der Waals surface area contributed by atoms with Crippen molar-refractivity contribution >= 4 is 29.1 Å². The van der Waals surface area contributed by atoms with E-state index in [1.807, 2.05) is 16.7 Å². The van der Waals surface area contributed by atoms with Crippen LogP contribution in [0.4, 0.5) is 4.39 Å². The monoisotopic (exact) mass is 639 g/mol. The van der Waals surface area contributed by atoms with Crippen molar-refractivity contribution in [3.05, 3.63) is 63.6 Å². The van der Waals surface area contributed by atoms with E-state index in [0.29, 0.717) is 34.3 Å². The summed E-state index contributed by atoms with van der Waals surface area (Å²) in [6.45, 7) is 5.44. The summed E-state index contributed by atoms with van der Waals surface area (Å²) in [6, 6.07) is 10.1. The van der Waals surface area contributed by atoms with Gasteiger partial charge in [-0.25, -0.2) is 9.37 Å². The van der Waals surface area contributed by atoms with Crippen molar-refractivity contribution in [2.45, 2.75) is 44.4 Å². The lowest BCUT2D eigenvalue weighted by atomic mass is 9.88. The van der Waals surface area contributed by atoms with E-state index >= 15 is 0 Å². The number of piperazine rings is 1. The first-order valence-electron chi connectivity index (χ1n) is 15.2. The molecule has 4 aromatic rings. The summed E-state index contributed by atoms with van der Waals surface area (Å²) < 4.78 is 16.4. The molecule has 1 saturated carbocycles. The van der Waals surface area contributed by atoms with Gasteiger partial charge in [0.15, 0.2) is 0 Å². The SMILES string of the molecule is CN1CCN(CCNC(=O)Cc2ccc(Cl)cc2-n2c(C3CCCCC3)nc(-c3nn[nH]n3)c2-c2ccc(F)c(Cl)c2)CC1. The Morgan fingerprint density at radius 1 is 1.07 bits per heavy atom. The van der Waals surface area contributed by atoms with Gasteiger partial charge >= 0.3 is 0 Å². The Bertz CT molecular complexity index is 1600. The molecular weight excluding hydrogens is 604 g/mol. The van der Waals surface area contributed by atoms with Gasteiger partial charge in [-0.1, -0.05) is 48.5 Å². The number of rotatable bonds is 9. The first kappa shape index (κ1) is 30.6. The van der Waals surface area contributed by atoms with Gasteiger partial charge in [0, 0.05) is 55.8 Å². The number of hydrogen-bond acceptors (Lipinski definition) is 7. The van der Waals surface area contributed by atoms with Crippen molar-refractivity contribution in [1.82, 2.24) is 45.3 Å². The third-order valence-corrected chi connectivity index (χ3v) is 9.13. The van der Waals surface area contributed by atoms with Crippen LogP contribution in [0.5, 0.6) is 0 Å². The maximum Gasteiger partial charge on any atom is 0.225 e. The van der Waals surface area contributed by atoms with Gasteiger partial charge in [0.25, 0.3) is 0 Å². The minimum absolute atomic E-state index is 0.0143. The molecule has 2 aromatic heterocycles. The van der Waals surface area contributed by atoms with Gasteiger partial charge in [-0.15, -0.1) is 10.2 Å². The van der Waals surface area contributed by atoms with Crippen LogP contribution in [0, 0.1) is 5.82 Å². The third-order valence-electron chi connectivity index (χ3n) is 8.61. The number of imidazole rings is 1. The molecule has 0 spiro atoms. The summed E-state index contributed by atoms with van der Waals surface area (Å²) in [5.41, 5.74) is 3.27. The second kappa shape index (κ2) is 13.7. The Morgan fingerprint density at radius 3 is 2.59 bits per heavy atom. The lowest BCUT2D eigenvalue weighted by Gasteiger charge is -2.32. The number of amides is 1. The van der Waals surface area contributed by atoms with Crippen LogP contribution in [0.15, 0.2) is 36.4 Å². The molecule has 1 aliphatic carbocycles. The molecule has 2 N–H and O–H groups in total. The van der Waals surface area contributed by atoms with Crippen molar-refractivity contribution in [3.8, 4) is 28.5 Å². The van der Waals surface area contributed by atoms with Crippen molar-refractivity contribution in [3.63, 3.8) is 0 Å². The number of H-pyrrole nitrogens is 1. The Kier molecular flexibility index (Phi) is 9.56.